The summed E-state index contributed by atoms with van der Waals surface area (Å²) in [5, 5.41) is 11.7. The fourth-order valence-electron chi connectivity index (χ4n) is 4.91. The van der Waals surface area contributed by atoms with E-state index in [0.717, 1.165) is 11.1 Å². The molecule has 1 unspecified atom stereocenters. The van der Waals surface area contributed by atoms with Gasteiger partial charge in [0.15, 0.2) is 11.5 Å². The number of likely N-dealkylation sites (tertiary alicyclic amines) is 1. The summed E-state index contributed by atoms with van der Waals surface area (Å²) in [6.45, 7) is 8.83. The second kappa shape index (κ2) is 11.9. The van der Waals surface area contributed by atoms with Crippen LogP contribution in [0.15, 0.2) is 72.3 Å². The van der Waals surface area contributed by atoms with Crippen molar-refractivity contribution in [3.8, 4) is 17.2 Å². The SMILES string of the molecule is CCCN1C(=O)C(=O)/C(=C(/O)c2cc(C(C)(C)C)ccc2OC)C1c1ccc(OCc2ccccc2)c(OC)c1. The van der Waals surface area contributed by atoms with Crippen molar-refractivity contribution < 1.29 is 28.9 Å². The number of aliphatic hydroxyl groups is 1. The minimum absolute atomic E-state index is 0.0165. The number of amides is 1. The van der Waals surface area contributed by atoms with E-state index in [2.05, 4.69) is 20.8 Å². The van der Waals surface area contributed by atoms with Gasteiger partial charge in [0.1, 0.15) is 18.1 Å². The number of aliphatic hydroxyl groups excluding tert-OH is 1. The fourth-order valence-corrected chi connectivity index (χ4v) is 4.91. The van der Waals surface area contributed by atoms with E-state index in [1.807, 2.05) is 49.4 Å². The van der Waals surface area contributed by atoms with Crippen LogP contribution in [-0.4, -0.2) is 42.5 Å². The molecule has 1 heterocycles. The Balaban J connectivity index is 1.83. The van der Waals surface area contributed by atoms with Crippen molar-refractivity contribution in [3.05, 3.63) is 94.6 Å². The topological polar surface area (TPSA) is 85.3 Å². The third-order valence-corrected chi connectivity index (χ3v) is 7.07. The molecule has 4 rings (SSSR count). The highest BCUT2D eigenvalue weighted by Crippen LogP contribution is 2.43. The Kier molecular flexibility index (Phi) is 8.52. The van der Waals surface area contributed by atoms with Crippen molar-refractivity contribution >= 4 is 17.4 Å². The summed E-state index contributed by atoms with van der Waals surface area (Å²) in [5.41, 5.74) is 2.76. The Hall–Kier alpha value is -4.26. The second-order valence-corrected chi connectivity index (χ2v) is 10.8. The molecule has 0 spiro atoms. The van der Waals surface area contributed by atoms with Crippen LogP contribution in [0.5, 0.6) is 17.2 Å². The molecule has 3 aromatic carbocycles. The molecule has 1 aliphatic heterocycles. The number of carbonyl (C=O) groups excluding carboxylic acids is 2. The molecule has 1 atom stereocenters. The quantitative estimate of drug-likeness (QED) is 0.191. The number of hydrogen-bond donors (Lipinski definition) is 1. The van der Waals surface area contributed by atoms with Crippen molar-refractivity contribution in [2.45, 2.75) is 52.2 Å². The van der Waals surface area contributed by atoms with Crippen LogP contribution in [-0.2, 0) is 21.6 Å². The molecule has 7 heteroatoms. The summed E-state index contributed by atoms with van der Waals surface area (Å²) in [6.07, 6.45) is 0.641. The molecule has 1 saturated heterocycles. The molecule has 210 valence electrons. The first kappa shape index (κ1) is 28.7. The van der Waals surface area contributed by atoms with Gasteiger partial charge in [-0.3, -0.25) is 9.59 Å². The lowest BCUT2D eigenvalue weighted by Gasteiger charge is -2.26. The van der Waals surface area contributed by atoms with Crippen molar-refractivity contribution in [2.24, 2.45) is 0 Å². The van der Waals surface area contributed by atoms with Gasteiger partial charge >= 0.3 is 0 Å². The number of benzene rings is 3. The van der Waals surface area contributed by atoms with Gasteiger partial charge in [-0.1, -0.05) is 70.2 Å². The molecule has 1 fully saturated rings. The summed E-state index contributed by atoms with van der Waals surface area (Å²) in [4.78, 5) is 28.2. The number of hydrogen-bond acceptors (Lipinski definition) is 6. The molecule has 1 N–H and O–H groups in total. The Bertz CT molecular complexity index is 1420. The maximum atomic E-state index is 13.4. The number of rotatable bonds is 9. The van der Waals surface area contributed by atoms with Crippen molar-refractivity contribution in [1.29, 1.82) is 0 Å². The smallest absolute Gasteiger partial charge is 0.295 e. The normalized spacial score (nSPS) is 16.8. The first-order valence-corrected chi connectivity index (χ1v) is 13.4. The second-order valence-electron chi connectivity index (χ2n) is 10.8. The van der Waals surface area contributed by atoms with Crippen molar-refractivity contribution in [1.82, 2.24) is 4.90 Å². The Morgan fingerprint density at radius 1 is 0.900 bits per heavy atom. The van der Waals surface area contributed by atoms with E-state index in [1.165, 1.54) is 12.0 Å². The van der Waals surface area contributed by atoms with Gasteiger partial charge in [-0.25, -0.2) is 0 Å². The van der Waals surface area contributed by atoms with Crippen LogP contribution in [0.3, 0.4) is 0 Å². The van der Waals surface area contributed by atoms with Crippen LogP contribution in [0.25, 0.3) is 5.76 Å². The number of methoxy groups -OCH3 is 2. The minimum Gasteiger partial charge on any atom is -0.507 e. The van der Waals surface area contributed by atoms with Gasteiger partial charge in [0.05, 0.1) is 31.4 Å². The van der Waals surface area contributed by atoms with Crippen LogP contribution < -0.4 is 14.2 Å². The van der Waals surface area contributed by atoms with E-state index in [1.54, 1.807) is 31.4 Å². The fraction of sp³-hybridized carbons (Fsp3) is 0.333. The predicted octanol–water partition coefficient (Wildman–Crippen LogP) is 6.41. The first-order chi connectivity index (χ1) is 19.1. The van der Waals surface area contributed by atoms with Crippen LogP contribution in [0, 0.1) is 0 Å². The van der Waals surface area contributed by atoms with E-state index in [-0.39, 0.29) is 16.7 Å². The number of ketones is 1. The molecular weight excluding hydrogens is 506 g/mol. The van der Waals surface area contributed by atoms with Gasteiger partial charge in [-0.05, 0) is 52.8 Å². The summed E-state index contributed by atoms with van der Waals surface area (Å²) >= 11 is 0. The number of ether oxygens (including phenoxy) is 3. The van der Waals surface area contributed by atoms with E-state index in [4.69, 9.17) is 14.2 Å². The molecule has 0 radical (unpaired) electrons. The molecule has 3 aromatic rings. The first-order valence-electron chi connectivity index (χ1n) is 13.4. The predicted molar refractivity (Wildman–Crippen MR) is 155 cm³/mol. The molecule has 0 aliphatic carbocycles. The summed E-state index contributed by atoms with van der Waals surface area (Å²) in [6, 6.07) is 19.8. The Morgan fingerprint density at radius 3 is 2.20 bits per heavy atom. The summed E-state index contributed by atoms with van der Waals surface area (Å²) < 4.78 is 17.2. The zero-order valence-electron chi connectivity index (χ0n) is 24.0. The maximum Gasteiger partial charge on any atom is 0.295 e. The van der Waals surface area contributed by atoms with Crippen LogP contribution in [0.2, 0.25) is 0 Å². The molecule has 0 aromatic heterocycles. The highest BCUT2D eigenvalue weighted by molar-refractivity contribution is 6.46. The molecule has 0 saturated carbocycles. The van der Waals surface area contributed by atoms with Crippen LogP contribution in [0.1, 0.15) is 62.4 Å². The van der Waals surface area contributed by atoms with Gasteiger partial charge in [-0.15, -0.1) is 0 Å². The van der Waals surface area contributed by atoms with E-state index >= 15 is 0 Å². The monoisotopic (exact) mass is 543 g/mol. The maximum absolute atomic E-state index is 13.4. The van der Waals surface area contributed by atoms with E-state index < -0.39 is 17.7 Å². The molecule has 0 bridgehead atoms. The molecular formula is C33H37NO6. The van der Waals surface area contributed by atoms with Crippen molar-refractivity contribution in [3.63, 3.8) is 0 Å². The van der Waals surface area contributed by atoms with E-state index in [9.17, 15) is 14.7 Å². The Morgan fingerprint density at radius 2 is 1.57 bits per heavy atom. The summed E-state index contributed by atoms with van der Waals surface area (Å²) in [5.74, 6) is -0.253. The number of Topliss-reactive ketones (excluding diaryl/α,β-unsaturated/α-hetero) is 1. The zero-order chi connectivity index (χ0) is 29.0. The average molecular weight is 544 g/mol. The van der Waals surface area contributed by atoms with Crippen molar-refractivity contribution in [2.75, 3.05) is 20.8 Å². The zero-order valence-corrected chi connectivity index (χ0v) is 24.0. The minimum atomic E-state index is -0.806. The molecule has 40 heavy (non-hydrogen) atoms. The lowest BCUT2D eigenvalue weighted by atomic mass is 9.85. The molecule has 7 nitrogen and oxygen atoms in total. The van der Waals surface area contributed by atoms with Crippen LogP contribution >= 0.6 is 0 Å². The average Bonchev–Trinajstić information content (AvgIpc) is 3.20. The third-order valence-electron chi connectivity index (χ3n) is 7.07. The van der Waals surface area contributed by atoms with E-state index in [0.29, 0.717) is 47.9 Å². The third kappa shape index (κ3) is 5.69. The standard InChI is InChI=1S/C33H37NO6/c1-7-17-34-29(22-13-15-26(27(18-22)39-6)40-20-21-11-9-8-10-12-21)28(31(36)32(34)37)30(35)24-19-23(33(2,3)4)14-16-25(24)38-5/h8-16,18-19,29,35H,7,17,20H2,1-6H3/b30-28+. The lowest BCUT2D eigenvalue weighted by Crippen LogP contribution is -2.30. The highest BCUT2D eigenvalue weighted by atomic mass is 16.5. The van der Waals surface area contributed by atoms with Gasteiger partial charge < -0.3 is 24.2 Å². The molecule has 1 amide bonds. The van der Waals surface area contributed by atoms with Gasteiger partial charge in [0.2, 0.25) is 0 Å². The van der Waals surface area contributed by atoms with Gasteiger partial charge in [0, 0.05) is 6.54 Å². The Labute approximate surface area is 236 Å². The molecule has 1 aliphatic rings. The lowest BCUT2D eigenvalue weighted by molar-refractivity contribution is -0.139. The largest absolute Gasteiger partial charge is 0.507 e. The number of nitrogens with zero attached hydrogens (tertiary/aromatic N) is 1. The number of carbonyl (C=O) groups is 2. The van der Waals surface area contributed by atoms with Gasteiger partial charge in [0.25, 0.3) is 11.7 Å². The van der Waals surface area contributed by atoms with Crippen LogP contribution in [0.4, 0.5) is 0 Å². The summed E-state index contributed by atoms with van der Waals surface area (Å²) in [7, 11) is 3.05. The highest BCUT2D eigenvalue weighted by Gasteiger charge is 2.46. The van der Waals surface area contributed by atoms with Gasteiger partial charge in [-0.2, -0.15) is 0 Å².